The molecule has 0 saturated heterocycles. The van der Waals surface area contributed by atoms with Gasteiger partial charge in [0.15, 0.2) is 0 Å². The zero-order chi connectivity index (χ0) is 23.7. The van der Waals surface area contributed by atoms with Crippen molar-refractivity contribution in [1.82, 2.24) is 9.62 Å². The highest BCUT2D eigenvalue weighted by Crippen LogP contribution is 2.37. The summed E-state index contributed by atoms with van der Waals surface area (Å²) in [7, 11) is -2.13. The SMILES string of the molecule is CN(C)S(=O)(=O)[N+]1(C(=O)NCC(F)(F)F)CC(c2ccccc2)C(c2ccc(Cl)cc2)=N1. The molecule has 2 amide bonds. The Kier molecular flexibility index (Phi) is 6.66. The van der Waals surface area contributed by atoms with Gasteiger partial charge in [-0.15, -0.1) is 0 Å². The molecular weight excluding hydrogens is 469 g/mol. The fraction of sp³-hybridized carbons (Fsp3) is 0.300. The van der Waals surface area contributed by atoms with Gasteiger partial charge >= 0.3 is 22.4 Å². The van der Waals surface area contributed by atoms with E-state index in [1.54, 1.807) is 59.9 Å². The Bertz CT molecular complexity index is 1120. The predicted molar refractivity (Wildman–Crippen MR) is 114 cm³/mol. The topological polar surface area (TPSA) is 78.8 Å². The molecule has 0 aromatic heterocycles. The molecule has 172 valence electrons. The lowest BCUT2D eigenvalue weighted by molar-refractivity contribution is -0.725. The molecule has 0 spiro atoms. The molecule has 0 radical (unpaired) electrons. The molecule has 7 nitrogen and oxygen atoms in total. The summed E-state index contributed by atoms with van der Waals surface area (Å²) in [5.74, 6) is -0.677. The maximum atomic E-state index is 13.3. The lowest BCUT2D eigenvalue weighted by Crippen LogP contribution is -2.60. The Hall–Kier alpha value is -2.47. The van der Waals surface area contributed by atoms with Gasteiger partial charge in [0.2, 0.25) is 0 Å². The normalized spacial score (nSPS) is 21.5. The predicted octanol–water partition coefficient (Wildman–Crippen LogP) is 3.74. The van der Waals surface area contributed by atoms with E-state index in [9.17, 15) is 26.4 Å². The van der Waals surface area contributed by atoms with Crippen molar-refractivity contribution in [3.05, 3.63) is 70.7 Å². The molecule has 2 aromatic rings. The van der Waals surface area contributed by atoms with Crippen LogP contribution in [0.3, 0.4) is 0 Å². The number of benzene rings is 2. The molecule has 1 aliphatic rings. The average Bonchev–Trinajstić information content (AvgIpc) is 3.15. The lowest BCUT2D eigenvalue weighted by Gasteiger charge is -2.28. The van der Waals surface area contributed by atoms with Crippen LogP contribution in [0, 0.1) is 0 Å². The minimum absolute atomic E-state index is 0.250. The smallest absolute Gasteiger partial charge is 0.293 e. The molecule has 1 aliphatic heterocycles. The third kappa shape index (κ3) is 4.65. The maximum Gasteiger partial charge on any atom is 0.460 e. The number of amides is 2. The van der Waals surface area contributed by atoms with Gasteiger partial charge in [-0.25, -0.2) is 4.79 Å². The zero-order valence-electron chi connectivity index (χ0n) is 17.2. The Labute approximate surface area is 188 Å². The molecule has 2 aromatic carbocycles. The van der Waals surface area contributed by atoms with Crippen LogP contribution in [-0.2, 0) is 10.2 Å². The second kappa shape index (κ2) is 8.81. The highest BCUT2D eigenvalue weighted by molar-refractivity contribution is 7.83. The van der Waals surface area contributed by atoms with E-state index in [1.165, 1.54) is 14.1 Å². The monoisotopic (exact) mass is 489 g/mol. The number of nitrogens with one attached hydrogen (secondary N) is 1. The minimum Gasteiger partial charge on any atom is -0.293 e. The molecule has 2 unspecified atom stereocenters. The van der Waals surface area contributed by atoms with E-state index in [0.29, 0.717) is 16.1 Å². The van der Waals surface area contributed by atoms with Crippen molar-refractivity contribution in [3.63, 3.8) is 0 Å². The quantitative estimate of drug-likeness (QED) is 0.650. The van der Waals surface area contributed by atoms with Gasteiger partial charge in [0.05, 0.1) is 5.92 Å². The first kappa shape index (κ1) is 24.2. The summed E-state index contributed by atoms with van der Waals surface area (Å²) in [6.07, 6.45) is -4.72. The molecule has 1 N–H and O–H groups in total. The average molecular weight is 490 g/mol. The van der Waals surface area contributed by atoms with Crippen molar-refractivity contribution in [2.24, 2.45) is 5.10 Å². The first-order chi connectivity index (χ1) is 14.9. The van der Waals surface area contributed by atoms with Gasteiger partial charge < -0.3 is 0 Å². The van der Waals surface area contributed by atoms with E-state index in [-0.39, 0.29) is 5.71 Å². The van der Waals surface area contributed by atoms with Crippen molar-refractivity contribution < 1.29 is 30.4 Å². The number of hydrogen-bond donors (Lipinski definition) is 1. The number of urea groups is 1. The number of halogens is 4. The number of hydrogen-bond acceptors (Lipinski definition) is 4. The van der Waals surface area contributed by atoms with E-state index < -0.39 is 45.4 Å². The summed E-state index contributed by atoms with van der Waals surface area (Å²) in [6.45, 7) is -2.09. The molecule has 2 atom stereocenters. The molecule has 3 rings (SSSR count). The van der Waals surface area contributed by atoms with Crippen LogP contribution in [0.25, 0.3) is 0 Å². The molecule has 0 saturated carbocycles. The summed E-state index contributed by atoms with van der Waals surface area (Å²) < 4.78 is 64.0. The van der Waals surface area contributed by atoms with Gasteiger partial charge in [-0.1, -0.05) is 59.2 Å². The van der Waals surface area contributed by atoms with Gasteiger partial charge in [0.1, 0.15) is 18.8 Å². The summed E-state index contributed by atoms with van der Waals surface area (Å²) in [5, 5.41) is 6.40. The van der Waals surface area contributed by atoms with Crippen molar-refractivity contribution in [3.8, 4) is 0 Å². The van der Waals surface area contributed by atoms with Gasteiger partial charge in [-0.3, -0.25) is 5.32 Å². The Morgan fingerprint density at radius 1 is 1.16 bits per heavy atom. The lowest BCUT2D eigenvalue weighted by atomic mass is 9.91. The standard InChI is InChI=1S/C20H20ClF3N4O3S/c1-27(2)32(30,31)28(19(29)25-13-20(22,23)24)12-17(14-6-4-3-5-7-14)18(26-28)15-8-10-16(21)11-9-15/h3-11,17H,12-13H2,1-2H3/p+1. The number of rotatable bonds is 5. The van der Waals surface area contributed by atoms with Crippen molar-refractivity contribution >= 4 is 33.6 Å². The first-order valence-electron chi connectivity index (χ1n) is 9.44. The maximum absolute atomic E-state index is 13.3. The van der Waals surface area contributed by atoms with Gasteiger partial charge in [0.25, 0.3) is 0 Å². The van der Waals surface area contributed by atoms with Crippen molar-refractivity contribution in [2.75, 3.05) is 27.2 Å². The fourth-order valence-electron chi connectivity index (χ4n) is 3.40. The third-order valence-corrected chi connectivity index (χ3v) is 7.31. The van der Waals surface area contributed by atoms with Gasteiger partial charge in [0, 0.05) is 28.7 Å². The highest BCUT2D eigenvalue weighted by atomic mass is 35.5. The van der Waals surface area contributed by atoms with Gasteiger partial charge in [-0.2, -0.15) is 25.9 Å². The van der Waals surface area contributed by atoms with E-state index in [2.05, 4.69) is 5.10 Å². The number of alkyl halides is 3. The second-order valence-electron chi connectivity index (χ2n) is 7.37. The largest absolute Gasteiger partial charge is 0.460 e. The van der Waals surface area contributed by atoms with Crippen LogP contribution >= 0.6 is 11.6 Å². The summed E-state index contributed by atoms with van der Waals surface area (Å²) in [5.41, 5.74) is 1.42. The van der Waals surface area contributed by atoms with Crippen LogP contribution in [0.15, 0.2) is 59.7 Å². The molecule has 1 heterocycles. The Morgan fingerprint density at radius 3 is 2.28 bits per heavy atom. The van der Waals surface area contributed by atoms with E-state index >= 15 is 0 Å². The zero-order valence-corrected chi connectivity index (χ0v) is 18.7. The molecule has 0 bridgehead atoms. The number of quaternary nitrogens is 1. The summed E-state index contributed by atoms with van der Waals surface area (Å²) in [6, 6.07) is 13.8. The molecule has 32 heavy (non-hydrogen) atoms. The van der Waals surface area contributed by atoms with Crippen LogP contribution in [0.2, 0.25) is 5.02 Å². The highest BCUT2D eigenvalue weighted by Gasteiger charge is 2.59. The van der Waals surface area contributed by atoms with Crippen LogP contribution in [0.4, 0.5) is 18.0 Å². The van der Waals surface area contributed by atoms with E-state index in [0.717, 1.165) is 4.31 Å². The van der Waals surface area contributed by atoms with Gasteiger partial charge in [-0.05, 0) is 17.7 Å². The van der Waals surface area contributed by atoms with E-state index in [1.807, 2.05) is 0 Å². The minimum atomic E-state index is -4.72. The summed E-state index contributed by atoms with van der Waals surface area (Å²) in [4.78, 5) is 13.0. The number of carbonyl (C=O) groups is 1. The van der Waals surface area contributed by atoms with Crippen LogP contribution in [-0.4, -0.2) is 61.8 Å². The fourth-order valence-corrected chi connectivity index (χ4v) is 4.86. The summed E-state index contributed by atoms with van der Waals surface area (Å²) >= 11 is 5.96. The van der Waals surface area contributed by atoms with E-state index in [4.69, 9.17) is 11.6 Å². The molecule has 0 fully saturated rings. The third-order valence-electron chi connectivity index (χ3n) is 4.97. The van der Waals surface area contributed by atoms with Crippen molar-refractivity contribution in [1.29, 1.82) is 0 Å². The Balaban J connectivity index is 2.20. The van der Waals surface area contributed by atoms with Crippen LogP contribution < -0.4 is 5.32 Å². The van der Waals surface area contributed by atoms with Crippen LogP contribution in [0.5, 0.6) is 0 Å². The molecule has 0 aliphatic carbocycles. The Morgan fingerprint density at radius 2 is 1.75 bits per heavy atom. The molecular formula is C20H21ClF3N4O3S+. The van der Waals surface area contributed by atoms with Crippen LogP contribution in [0.1, 0.15) is 17.0 Å². The number of carbonyl (C=O) groups excluding carboxylic acids is 1. The van der Waals surface area contributed by atoms with Crippen molar-refractivity contribution in [2.45, 2.75) is 12.1 Å². The first-order valence-corrected chi connectivity index (χ1v) is 11.2. The molecule has 12 heteroatoms. The number of nitrogens with zero attached hydrogens (tertiary/aromatic N) is 3. The second-order valence-corrected chi connectivity index (χ2v) is 10.0.